The number of hydrogen-bond donors (Lipinski definition) is 0. The second kappa shape index (κ2) is 5.73. The lowest BCUT2D eigenvalue weighted by molar-refractivity contribution is -0.136. The van der Waals surface area contributed by atoms with Gasteiger partial charge in [0.1, 0.15) is 17.3 Å². The Labute approximate surface area is 146 Å². The molecule has 1 aliphatic carbocycles. The van der Waals surface area contributed by atoms with Gasteiger partial charge in [-0.3, -0.25) is 4.79 Å². The van der Waals surface area contributed by atoms with Crippen LogP contribution in [-0.4, -0.2) is 51.6 Å². The first-order valence-corrected chi connectivity index (χ1v) is 8.77. The lowest BCUT2D eigenvalue weighted by atomic mass is 9.91. The first-order chi connectivity index (χ1) is 12.1. The summed E-state index contributed by atoms with van der Waals surface area (Å²) < 4.78 is 1.81. The van der Waals surface area contributed by atoms with Crippen molar-refractivity contribution < 1.29 is 4.79 Å². The molecule has 1 aliphatic heterocycles. The van der Waals surface area contributed by atoms with Gasteiger partial charge in [-0.15, -0.1) is 0 Å². The predicted octanol–water partition coefficient (Wildman–Crippen LogP) is 1.71. The molecule has 3 heterocycles. The number of fused-ring (bicyclic) bond motifs is 1. The largest absolute Gasteiger partial charge is 0.353 e. The fraction of sp³-hybridized carbons (Fsp3) is 0.556. The summed E-state index contributed by atoms with van der Waals surface area (Å²) in [7, 11) is 2.03. The Bertz CT molecular complexity index is 849. The Morgan fingerprint density at radius 3 is 3.00 bits per heavy atom. The van der Waals surface area contributed by atoms with E-state index in [0.717, 1.165) is 24.3 Å². The summed E-state index contributed by atoms with van der Waals surface area (Å²) in [5.74, 6) is 1.32. The number of nitrogens with zero attached hydrogens (tertiary/aromatic N) is 6. The van der Waals surface area contributed by atoms with Crippen LogP contribution >= 0.6 is 0 Å². The minimum atomic E-state index is -0.743. The molecule has 1 saturated heterocycles. The highest BCUT2D eigenvalue weighted by Gasteiger charge is 2.53. The molecular formula is C18H22N6O. The standard InChI is InChI=1S/C18H22N6O/c1-13-5-9-23(17(25)18(11-19)6-7-18)10-15(13)22(2)16-14-4-3-8-24(14)21-12-20-16/h3-4,8,12-13,15H,5-7,9-10H2,1-2H3/t13-,15+/m1/s1. The Morgan fingerprint density at radius 2 is 2.28 bits per heavy atom. The highest BCUT2D eigenvalue weighted by molar-refractivity contribution is 5.88. The van der Waals surface area contributed by atoms with Crippen LogP contribution in [0.3, 0.4) is 0 Å². The number of likely N-dealkylation sites (tertiary alicyclic amines) is 1. The fourth-order valence-electron chi connectivity index (χ4n) is 3.82. The Morgan fingerprint density at radius 1 is 1.48 bits per heavy atom. The molecule has 0 aromatic carbocycles. The molecule has 0 spiro atoms. The molecule has 2 aromatic heterocycles. The molecule has 2 atom stereocenters. The van der Waals surface area contributed by atoms with Crippen molar-refractivity contribution in [3.05, 3.63) is 24.7 Å². The molecule has 7 heteroatoms. The summed E-state index contributed by atoms with van der Waals surface area (Å²) >= 11 is 0. The Hall–Kier alpha value is -2.62. The van der Waals surface area contributed by atoms with Crippen LogP contribution in [0, 0.1) is 22.7 Å². The number of piperidine rings is 1. The van der Waals surface area contributed by atoms with E-state index >= 15 is 0 Å². The van der Waals surface area contributed by atoms with Gasteiger partial charge < -0.3 is 9.80 Å². The first kappa shape index (κ1) is 15.9. The molecule has 0 N–H and O–H groups in total. The van der Waals surface area contributed by atoms with Gasteiger partial charge in [-0.1, -0.05) is 6.92 Å². The fourth-order valence-corrected chi connectivity index (χ4v) is 3.82. The van der Waals surface area contributed by atoms with E-state index in [0.29, 0.717) is 25.3 Å². The van der Waals surface area contributed by atoms with Crippen LogP contribution < -0.4 is 4.90 Å². The van der Waals surface area contributed by atoms with Crippen molar-refractivity contribution in [2.24, 2.45) is 11.3 Å². The minimum absolute atomic E-state index is 0.0100. The second-order valence-electron chi connectivity index (χ2n) is 7.31. The number of amides is 1. The van der Waals surface area contributed by atoms with Gasteiger partial charge in [-0.05, 0) is 37.3 Å². The summed E-state index contributed by atoms with van der Waals surface area (Å²) in [5.41, 5.74) is 0.212. The first-order valence-electron chi connectivity index (χ1n) is 8.77. The summed E-state index contributed by atoms with van der Waals surface area (Å²) in [4.78, 5) is 21.3. The molecule has 0 bridgehead atoms. The van der Waals surface area contributed by atoms with Crippen LogP contribution in [0.15, 0.2) is 24.7 Å². The highest BCUT2D eigenvalue weighted by Crippen LogP contribution is 2.47. The van der Waals surface area contributed by atoms with E-state index in [2.05, 4.69) is 28.0 Å². The third-order valence-corrected chi connectivity index (χ3v) is 5.72. The number of carbonyl (C=O) groups excluding carboxylic acids is 1. The van der Waals surface area contributed by atoms with Crippen molar-refractivity contribution in [3.63, 3.8) is 0 Å². The van der Waals surface area contributed by atoms with E-state index < -0.39 is 5.41 Å². The Balaban J connectivity index is 1.59. The van der Waals surface area contributed by atoms with Crippen molar-refractivity contribution in [1.29, 1.82) is 5.26 Å². The smallest absolute Gasteiger partial charge is 0.243 e. The van der Waals surface area contributed by atoms with E-state index in [1.54, 1.807) is 6.33 Å². The monoisotopic (exact) mass is 338 g/mol. The third-order valence-electron chi connectivity index (χ3n) is 5.72. The molecule has 0 unspecified atom stereocenters. The molecule has 2 fully saturated rings. The summed E-state index contributed by atoms with van der Waals surface area (Å²) in [6.07, 6.45) is 5.80. The third kappa shape index (κ3) is 2.53. The Kier molecular flexibility index (Phi) is 3.64. The zero-order chi connectivity index (χ0) is 17.6. The quantitative estimate of drug-likeness (QED) is 0.851. The molecule has 7 nitrogen and oxygen atoms in total. The van der Waals surface area contributed by atoms with Crippen molar-refractivity contribution in [3.8, 4) is 6.07 Å². The summed E-state index contributed by atoms with van der Waals surface area (Å²) in [6, 6.07) is 6.34. The van der Waals surface area contributed by atoms with Crippen molar-refractivity contribution in [2.45, 2.75) is 32.2 Å². The number of rotatable bonds is 3. The SMILES string of the molecule is C[C@@H]1CCN(C(=O)C2(C#N)CC2)C[C@@H]1N(C)c1ncnn2cccc12. The van der Waals surface area contributed by atoms with Gasteiger partial charge in [0.2, 0.25) is 5.91 Å². The normalized spacial score (nSPS) is 24.8. The van der Waals surface area contributed by atoms with Gasteiger partial charge in [0.25, 0.3) is 0 Å². The van der Waals surface area contributed by atoms with Gasteiger partial charge in [0.05, 0.1) is 12.1 Å². The summed E-state index contributed by atoms with van der Waals surface area (Å²) in [6.45, 7) is 3.59. The molecular weight excluding hydrogens is 316 g/mol. The molecule has 4 rings (SSSR count). The van der Waals surface area contributed by atoms with Gasteiger partial charge in [0, 0.05) is 26.3 Å². The van der Waals surface area contributed by atoms with Crippen LogP contribution in [0.25, 0.3) is 5.52 Å². The van der Waals surface area contributed by atoms with Crippen LogP contribution in [-0.2, 0) is 4.79 Å². The summed E-state index contributed by atoms with van der Waals surface area (Å²) in [5, 5.41) is 13.6. The average molecular weight is 338 g/mol. The zero-order valence-corrected chi connectivity index (χ0v) is 14.6. The molecule has 2 aromatic rings. The number of aromatic nitrogens is 3. The maximum Gasteiger partial charge on any atom is 0.243 e. The van der Waals surface area contributed by atoms with E-state index in [9.17, 15) is 10.1 Å². The lowest BCUT2D eigenvalue weighted by Crippen LogP contribution is -2.54. The van der Waals surface area contributed by atoms with E-state index in [1.165, 1.54) is 0 Å². The number of likely N-dealkylation sites (N-methyl/N-ethyl adjacent to an activating group) is 1. The molecule has 25 heavy (non-hydrogen) atoms. The number of hydrogen-bond acceptors (Lipinski definition) is 5. The highest BCUT2D eigenvalue weighted by atomic mass is 16.2. The predicted molar refractivity (Wildman–Crippen MR) is 92.8 cm³/mol. The average Bonchev–Trinajstić information content (AvgIpc) is 3.29. The number of carbonyl (C=O) groups is 1. The van der Waals surface area contributed by atoms with Crippen LogP contribution in [0.1, 0.15) is 26.2 Å². The topological polar surface area (TPSA) is 77.5 Å². The number of nitriles is 1. The maximum atomic E-state index is 12.8. The van der Waals surface area contributed by atoms with Crippen LogP contribution in [0.4, 0.5) is 5.82 Å². The maximum absolute atomic E-state index is 12.8. The van der Waals surface area contributed by atoms with Crippen molar-refractivity contribution >= 4 is 17.2 Å². The zero-order valence-electron chi connectivity index (χ0n) is 14.6. The lowest BCUT2D eigenvalue weighted by Gasteiger charge is -2.42. The van der Waals surface area contributed by atoms with Crippen molar-refractivity contribution in [2.75, 3.05) is 25.0 Å². The molecule has 130 valence electrons. The molecule has 1 amide bonds. The van der Waals surface area contributed by atoms with E-state index in [-0.39, 0.29) is 11.9 Å². The molecule has 0 radical (unpaired) electrons. The van der Waals surface area contributed by atoms with E-state index in [1.807, 2.05) is 34.8 Å². The van der Waals surface area contributed by atoms with Gasteiger partial charge in [-0.25, -0.2) is 9.50 Å². The van der Waals surface area contributed by atoms with Gasteiger partial charge >= 0.3 is 0 Å². The second-order valence-corrected chi connectivity index (χ2v) is 7.31. The molecule has 1 saturated carbocycles. The van der Waals surface area contributed by atoms with Gasteiger partial charge in [-0.2, -0.15) is 10.4 Å². The number of anilines is 1. The van der Waals surface area contributed by atoms with E-state index in [4.69, 9.17) is 0 Å². The van der Waals surface area contributed by atoms with Crippen LogP contribution in [0.2, 0.25) is 0 Å². The minimum Gasteiger partial charge on any atom is -0.353 e. The molecule has 2 aliphatic rings. The van der Waals surface area contributed by atoms with Gasteiger partial charge in [0.15, 0.2) is 5.82 Å². The van der Waals surface area contributed by atoms with Crippen LogP contribution in [0.5, 0.6) is 0 Å². The van der Waals surface area contributed by atoms with Crippen molar-refractivity contribution in [1.82, 2.24) is 19.5 Å².